The molecule has 0 bridgehead atoms. The Balaban J connectivity index is 3.06. The molecule has 0 aliphatic heterocycles. The van der Waals surface area contributed by atoms with E-state index < -0.39 is 71.5 Å². The number of alkyl carbamates (subject to hydrolysis) is 1. The van der Waals surface area contributed by atoms with Crippen LogP contribution in [0.3, 0.4) is 0 Å². The van der Waals surface area contributed by atoms with Crippen molar-refractivity contribution in [3.05, 3.63) is 35.9 Å². The van der Waals surface area contributed by atoms with Crippen molar-refractivity contribution in [2.75, 3.05) is 7.11 Å². The monoisotopic (exact) mass is 689 g/mol. The second kappa shape index (κ2) is 20.4. The van der Waals surface area contributed by atoms with Crippen LogP contribution in [0.25, 0.3) is 0 Å². The molecular weight excluding hydrogens is 630 g/mol. The molecule has 0 saturated carbocycles. The van der Waals surface area contributed by atoms with Gasteiger partial charge in [-0.2, -0.15) is 0 Å². The summed E-state index contributed by atoms with van der Waals surface area (Å²) in [7, 11) is 1.24. The van der Waals surface area contributed by atoms with E-state index >= 15 is 0 Å². The summed E-state index contributed by atoms with van der Waals surface area (Å²) >= 11 is 0. The molecule has 13 nitrogen and oxygen atoms in total. The van der Waals surface area contributed by atoms with E-state index in [1.54, 1.807) is 20.8 Å². The van der Waals surface area contributed by atoms with E-state index in [0.717, 1.165) is 5.56 Å². The zero-order valence-electron chi connectivity index (χ0n) is 31.1. The Hall–Kier alpha value is -4.16. The largest absolute Gasteiger partial charge is 0.467 e. The van der Waals surface area contributed by atoms with E-state index in [9.17, 15) is 28.8 Å². The minimum atomic E-state index is -1.08. The highest BCUT2D eigenvalue weighted by Crippen LogP contribution is 2.13. The number of rotatable bonds is 18. The molecule has 0 saturated heterocycles. The van der Waals surface area contributed by atoms with Gasteiger partial charge in [0, 0.05) is 6.42 Å². The third kappa shape index (κ3) is 17.2. The Morgan fingerprint density at radius 3 is 1.43 bits per heavy atom. The Morgan fingerprint density at radius 1 is 0.592 bits per heavy atom. The molecule has 0 aliphatic rings. The van der Waals surface area contributed by atoms with E-state index in [-0.39, 0.29) is 37.0 Å². The third-order valence-electron chi connectivity index (χ3n) is 7.23. The van der Waals surface area contributed by atoms with Gasteiger partial charge in [-0.3, -0.25) is 19.2 Å². The summed E-state index contributed by atoms with van der Waals surface area (Å²) in [4.78, 5) is 78.6. The van der Waals surface area contributed by atoms with Gasteiger partial charge < -0.3 is 36.1 Å². The van der Waals surface area contributed by atoms with Crippen LogP contribution >= 0.6 is 0 Å². The first-order chi connectivity index (χ1) is 22.7. The zero-order chi connectivity index (χ0) is 37.5. The SMILES string of the molecule is COC(=O)[C@H](Cc1ccccc1)NC(=O)[C@H](CC(C)C)NC(=O)[C@H](C)NC(=O)[C@H](CC(C)C)NC(=O)[C@H](CC(C)C)NC(=O)OC(C)(C)C. The second-order valence-electron chi connectivity index (χ2n) is 14.7. The van der Waals surface area contributed by atoms with Crippen molar-refractivity contribution >= 4 is 35.7 Å². The molecule has 13 heteroatoms. The third-order valence-corrected chi connectivity index (χ3v) is 7.23. The second-order valence-corrected chi connectivity index (χ2v) is 14.7. The molecule has 5 atom stereocenters. The fraction of sp³-hybridized carbons (Fsp3) is 0.667. The van der Waals surface area contributed by atoms with E-state index in [0.29, 0.717) is 6.42 Å². The van der Waals surface area contributed by atoms with Crippen molar-refractivity contribution in [3.63, 3.8) is 0 Å². The van der Waals surface area contributed by atoms with Gasteiger partial charge in [0.05, 0.1) is 7.11 Å². The van der Waals surface area contributed by atoms with Gasteiger partial charge >= 0.3 is 12.1 Å². The van der Waals surface area contributed by atoms with Crippen molar-refractivity contribution in [3.8, 4) is 0 Å². The highest BCUT2D eigenvalue weighted by atomic mass is 16.6. The van der Waals surface area contributed by atoms with E-state index in [2.05, 4.69) is 26.6 Å². The van der Waals surface area contributed by atoms with E-state index in [1.807, 2.05) is 71.9 Å². The van der Waals surface area contributed by atoms with Crippen LogP contribution in [0.15, 0.2) is 30.3 Å². The molecule has 0 fully saturated rings. The maximum Gasteiger partial charge on any atom is 0.408 e. The van der Waals surface area contributed by atoms with Crippen LogP contribution in [0, 0.1) is 17.8 Å². The normalized spacial score (nSPS) is 14.6. The van der Waals surface area contributed by atoms with E-state index in [4.69, 9.17) is 9.47 Å². The lowest BCUT2D eigenvalue weighted by Crippen LogP contribution is -2.58. The van der Waals surface area contributed by atoms with Crippen LogP contribution in [0.1, 0.15) is 94.1 Å². The molecule has 0 aliphatic carbocycles. The Labute approximate surface area is 291 Å². The number of nitrogens with one attached hydrogen (secondary N) is 5. The predicted molar refractivity (Wildman–Crippen MR) is 187 cm³/mol. The summed E-state index contributed by atoms with van der Waals surface area (Å²) in [5, 5.41) is 13.4. The molecule has 0 aromatic heterocycles. The lowest BCUT2D eigenvalue weighted by molar-refractivity contribution is -0.145. The maximum atomic E-state index is 13.5. The minimum absolute atomic E-state index is 0.000284. The molecule has 1 rings (SSSR count). The predicted octanol–water partition coefficient (Wildman–Crippen LogP) is 3.39. The van der Waals surface area contributed by atoms with Gasteiger partial charge in [-0.25, -0.2) is 9.59 Å². The van der Waals surface area contributed by atoms with Crippen molar-refractivity contribution in [1.82, 2.24) is 26.6 Å². The Morgan fingerprint density at radius 2 is 1.00 bits per heavy atom. The summed E-state index contributed by atoms with van der Waals surface area (Å²) in [6.07, 6.45) is 0.290. The number of amides is 5. The maximum absolute atomic E-state index is 13.5. The summed E-state index contributed by atoms with van der Waals surface area (Å²) < 4.78 is 10.2. The zero-order valence-corrected chi connectivity index (χ0v) is 31.1. The van der Waals surface area contributed by atoms with E-state index in [1.165, 1.54) is 14.0 Å². The average Bonchev–Trinajstić information content (AvgIpc) is 2.97. The first kappa shape index (κ1) is 42.9. The topological polar surface area (TPSA) is 181 Å². The fourth-order valence-electron chi connectivity index (χ4n) is 4.96. The molecular formula is C36H59N5O8. The number of hydrogen-bond acceptors (Lipinski definition) is 8. The van der Waals surface area contributed by atoms with Gasteiger partial charge in [-0.15, -0.1) is 0 Å². The molecule has 0 unspecified atom stereocenters. The average molecular weight is 690 g/mol. The van der Waals surface area contributed by atoms with Crippen molar-refractivity contribution in [2.24, 2.45) is 17.8 Å². The number of esters is 1. The first-order valence-corrected chi connectivity index (χ1v) is 17.0. The highest BCUT2D eigenvalue weighted by molar-refractivity contribution is 5.95. The van der Waals surface area contributed by atoms with Gasteiger partial charge in [-0.05, 0) is 70.3 Å². The lowest BCUT2D eigenvalue weighted by Gasteiger charge is -2.28. The summed E-state index contributed by atoms with van der Waals surface area (Å²) in [6.45, 7) is 18.0. The number of carbonyl (C=O) groups is 6. The number of carbonyl (C=O) groups excluding carboxylic acids is 6. The molecule has 5 N–H and O–H groups in total. The van der Waals surface area contributed by atoms with Gasteiger partial charge in [0.2, 0.25) is 23.6 Å². The number of methoxy groups -OCH3 is 1. The van der Waals surface area contributed by atoms with Crippen molar-refractivity contribution in [2.45, 2.75) is 131 Å². The molecule has 5 amide bonds. The van der Waals surface area contributed by atoms with Crippen LogP contribution < -0.4 is 26.6 Å². The van der Waals surface area contributed by atoms with Crippen LogP contribution in [0.5, 0.6) is 0 Å². The smallest absolute Gasteiger partial charge is 0.408 e. The summed E-state index contributed by atoms with van der Waals surface area (Å²) in [6, 6.07) is 4.13. The first-order valence-electron chi connectivity index (χ1n) is 17.0. The van der Waals surface area contributed by atoms with Crippen molar-refractivity contribution in [1.29, 1.82) is 0 Å². The molecule has 49 heavy (non-hydrogen) atoms. The van der Waals surface area contributed by atoms with Gasteiger partial charge in [-0.1, -0.05) is 71.9 Å². The standard InChI is InChI=1S/C36H59N5O8/c1-21(2)17-26(39-33(45)28(19-23(5)6)41-35(47)49-36(8,9)10)31(43)37-24(7)30(42)38-27(18-22(3)4)32(44)40-29(34(46)48-11)20-25-15-13-12-14-16-25/h12-16,21-24,26-29H,17-20H2,1-11H3,(H,37,43)(H,38,42)(H,39,45)(H,40,44)(H,41,47)/t24-,26-,27-,28-,29-/m0/s1. The molecule has 0 radical (unpaired) electrons. The molecule has 0 heterocycles. The minimum Gasteiger partial charge on any atom is -0.467 e. The van der Waals surface area contributed by atoms with Crippen LogP contribution in [-0.4, -0.2) is 78.6 Å². The lowest BCUT2D eigenvalue weighted by atomic mass is 9.99. The number of hydrogen-bond donors (Lipinski definition) is 5. The summed E-state index contributed by atoms with van der Waals surface area (Å²) in [5.74, 6) is -2.90. The number of ether oxygens (including phenoxy) is 2. The number of benzene rings is 1. The quantitative estimate of drug-likeness (QED) is 0.146. The fourth-order valence-corrected chi connectivity index (χ4v) is 4.96. The van der Waals surface area contributed by atoms with Crippen LogP contribution in [0.4, 0.5) is 4.79 Å². The molecule has 1 aromatic carbocycles. The Kier molecular flexibility index (Phi) is 17.8. The molecule has 1 aromatic rings. The van der Waals surface area contributed by atoms with Gasteiger partial charge in [0.15, 0.2) is 0 Å². The van der Waals surface area contributed by atoms with Crippen molar-refractivity contribution < 1.29 is 38.2 Å². The molecule has 276 valence electrons. The molecule has 0 spiro atoms. The highest BCUT2D eigenvalue weighted by Gasteiger charge is 2.32. The van der Waals surface area contributed by atoms with Gasteiger partial charge in [0.1, 0.15) is 35.8 Å². The van der Waals surface area contributed by atoms with Crippen LogP contribution in [0.2, 0.25) is 0 Å². The summed E-state index contributed by atoms with van der Waals surface area (Å²) in [5.41, 5.74) is 0.0536. The Bertz CT molecular complexity index is 1250. The van der Waals surface area contributed by atoms with Gasteiger partial charge in [0.25, 0.3) is 0 Å². The van der Waals surface area contributed by atoms with Crippen LogP contribution in [-0.2, 0) is 39.9 Å².